The molecule has 8 heterocycles. The fourth-order valence-electron chi connectivity index (χ4n) is 24.9. The Morgan fingerprint density at radius 3 is 0.904 bits per heavy atom. The fourth-order valence-corrected chi connectivity index (χ4v) is 24.9. The highest BCUT2D eigenvalue weighted by Crippen LogP contribution is 2.27. The van der Waals surface area contributed by atoms with Gasteiger partial charge in [-0.05, 0) is 188 Å². The number of fused-ring (bicyclic) bond motifs is 8. The maximum Gasteiger partial charge on any atom is 0.553 e. The highest BCUT2D eigenvalue weighted by atomic mass is 14.9. The Kier molecular flexibility index (Phi) is 19.7. The molecule has 0 radical (unpaired) electrons. The van der Waals surface area contributed by atoms with Gasteiger partial charge in [0, 0.05) is 101 Å². The van der Waals surface area contributed by atoms with Crippen molar-refractivity contribution in [2.75, 3.05) is 14.1 Å². The molecule has 0 saturated heterocycles. The molecule has 12 heteroatoms. The van der Waals surface area contributed by atoms with Crippen molar-refractivity contribution in [1.29, 1.82) is 0 Å². The van der Waals surface area contributed by atoms with Crippen LogP contribution in [0.4, 0.5) is 0 Å². The van der Waals surface area contributed by atoms with Gasteiger partial charge in [0.2, 0.25) is 51.7 Å². The van der Waals surface area contributed by atoms with Crippen molar-refractivity contribution < 1.29 is 38.7 Å². The largest absolute Gasteiger partial charge is 0.553 e. The van der Waals surface area contributed by atoms with Gasteiger partial charge in [0.15, 0.2) is 23.8 Å². The molecule has 15 aromatic carbocycles. The molecule has 0 saturated carbocycles. The Labute approximate surface area is 833 Å². The zero-order chi connectivity index (χ0) is 107. The second-order valence-corrected chi connectivity index (χ2v) is 38.9. The van der Waals surface area contributed by atoms with Crippen LogP contribution in [0.1, 0.15) is 139 Å². The lowest BCUT2D eigenvalue weighted by atomic mass is 9.20. The van der Waals surface area contributed by atoms with E-state index in [4.69, 9.17) is 20.6 Å². The molecule has 2 aromatic heterocycles. The number of pyridine rings is 2. The van der Waals surface area contributed by atoms with E-state index in [1.165, 1.54) is 167 Å². The molecule has 0 N–H and O–H groups in total. The van der Waals surface area contributed by atoms with Crippen LogP contribution in [0.15, 0.2) is 328 Å². The van der Waals surface area contributed by atoms with Gasteiger partial charge in [0.1, 0.15) is 28.2 Å². The van der Waals surface area contributed by atoms with E-state index >= 15 is 0 Å². The average Bonchev–Trinajstić information content (AvgIpc) is 1.49. The molecule has 136 heavy (non-hydrogen) atoms. The van der Waals surface area contributed by atoms with Gasteiger partial charge < -0.3 is 8.97 Å². The van der Waals surface area contributed by atoms with Gasteiger partial charge in [0.05, 0.1) is 0 Å². The molecule has 23 rings (SSSR count). The number of nitrogens with zero attached hydrogens (tertiary/aromatic N) is 4. The first-order valence-electron chi connectivity index (χ1n) is 55.4. The van der Waals surface area contributed by atoms with Crippen LogP contribution in [0, 0.1) is 117 Å². The van der Waals surface area contributed by atoms with Crippen molar-refractivity contribution in [2.24, 2.45) is 14.1 Å². The molecule has 0 spiro atoms. The Morgan fingerprint density at radius 1 is 0.206 bits per heavy atom. The summed E-state index contributed by atoms with van der Waals surface area (Å²) < 4.78 is 133. The van der Waals surface area contributed by atoms with Crippen LogP contribution in [0.2, 0.25) is 0 Å². The van der Waals surface area contributed by atoms with E-state index in [0.29, 0.717) is 11.0 Å². The smallest absolute Gasteiger partial charge is 0.312 e. The predicted octanol–water partition coefficient (Wildman–Crippen LogP) is 9.49. The first-order valence-corrected chi connectivity index (χ1v) is 47.9. The molecular formula is C124H120B8N4+4. The number of hydrogen-bond donors (Lipinski definition) is 0. The van der Waals surface area contributed by atoms with Crippen molar-refractivity contribution in [1.82, 2.24) is 0 Å². The second-order valence-electron chi connectivity index (χ2n) is 38.9. The first-order chi connectivity index (χ1) is 71.8. The third-order valence-corrected chi connectivity index (χ3v) is 30.9. The van der Waals surface area contributed by atoms with Crippen molar-refractivity contribution in [3.63, 3.8) is 0 Å². The van der Waals surface area contributed by atoms with E-state index in [-0.39, 0.29) is 74.0 Å². The number of hydrogen-bond acceptors (Lipinski definition) is 0. The molecule has 17 aromatic rings. The molecular weight excluding hydrogens is 1630 g/mol. The SMILES string of the molecule is Cc1ccc(-c2ccc3c(c2C)B(c2c(C)cccc2C)c2ccccc2B3c2c(C)cccc2C)[n+](C)c1.Cc1cccc(C)c1B1c2ccccc2B(c2c(C)cccc2C)c2c1ccc(-c1cccc[n+]1C)c2C.[2H]C([2H])([2H])C1=[N+](C)B2c3c(C)cccc3B(c3c(C([2H])([2H])[2H])cccc3C([2H])([2H])[2H])c3cccc1c32.[2H]C([2H])([2H])c1cccc(C([2H])([2H])[2H])c1B1c2cccc(C)c2B2c3c1cccc3C(c1ccccc1)=[N+]2C. The summed E-state index contributed by atoms with van der Waals surface area (Å²) in [5.74, 6) is 0. The Hall–Kier alpha value is -13.5. The molecule has 0 atom stereocenters. The van der Waals surface area contributed by atoms with Gasteiger partial charge in [-0.1, -0.05) is 414 Å². The van der Waals surface area contributed by atoms with Gasteiger partial charge >= 0.3 is 13.7 Å². The van der Waals surface area contributed by atoms with E-state index in [9.17, 15) is 0 Å². The topological polar surface area (TPSA) is 13.8 Å². The van der Waals surface area contributed by atoms with Crippen LogP contribution in [0.25, 0.3) is 22.5 Å². The standard InChI is InChI=1S/C36H36B2N.C35H34B2N.C29H26B2N.C24H24B2N/c1-23-18-21-33(39(7)22-23)29-19-20-32-36(28(29)6)38(35-26(4)14-11-15-27(35)5)31-17-9-8-16-30(31)37(32)34-24(2)12-10-13-25(34)3;1-23-13-11-14-24(2)33(23)36-29-17-7-8-18-30(29)37(34-25(3)15-12-16-26(34)4)35-27(5)28(20-21-31(35)36)32-19-9-10-22-38(32)6;1-19-11-8-12-20(2)26(19)30-24-17-9-13-21(3)27(24)31-28-23(16-10-18-25(28)30)29(32(31)4)22-14-6-5-7-15-22;1-15-9-6-10-16(2)22(15)25-20-13-7-11-17(3)23(20)26-24-19(18(4)27(26)5)12-8-14-21(24)25/h8-22H,1-7H3;7-22H,1-6H3;5-18H,1-4H3;6-14H,1-5H3/q4*+1/i;;1D3,2D3;1D3,2D3,4D3. The van der Waals surface area contributed by atoms with Crippen LogP contribution < -0.4 is 129 Å². The summed E-state index contributed by atoms with van der Waals surface area (Å²) in [4.78, 5) is 0. The molecule has 0 bridgehead atoms. The molecule has 4 nitrogen and oxygen atoms in total. The highest BCUT2D eigenvalue weighted by Gasteiger charge is 2.56. The Morgan fingerprint density at radius 2 is 0.507 bits per heavy atom. The normalized spacial score (nSPS) is 15.3. The summed E-state index contributed by atoms with van der Waals surface area (Å²) in [6, 6.07) is 109. The number of aromatic nitrogens is 2. The van der Waals surface area contributed by atoms with Crippen LogP contribution in [0.3, 0.4) is 0 Å². The number of rotatable bonds is 9. The molecule has 0 fully saturated rings. The van der Waals surface area contributed by atoms with Crippen molar-refractivity contribution in [2.45, 2.75) is 124 Å². The molecule has 0 aliphatic carbocycles. The predicted molar refractivity (Wildman–Crippen MR) is 594 cm³/mol. The molecule has 656 valence electrons. The summed E-state index contributed by atoms with van der Waals surface area (Å²) in [7, 11) is 8.19. The lowest BCUT2D eigenvalue weighted by Crippen LogP contribution is -2.76. The maximum atomic E-state index is 8.35. The minimum absolute atomic E-state index is 0.00369. The van der Waals surface area contributed by atoms with Crippen molar-refractivity contribution in [3.05, 3.63) is 439 Å². The average molecular weight is 1770 g/mol. The van der Waals surface area contributed by atoms with Crippen molar-refractivity contribution in [3.8, 4) is 22.5 Å². The second kappa shape index (κ2) is 36.3. The van der Waals surface area contributed by atoms with Gasteiger partial charge in [-0.2, -0.15) is 0 Å². The molecule has 6 aliphatic heterocycles. The van der Waals surface area contributed by atoms with Gasteiger partial charge in [0.25, 0.3) is 0 Å². The van der Waals surface area contributed by atoms with Gasteiger partial charge in [-0.25, -0.2) is 9.13 Å². The third-order valence-electron chi connectivity index (χ3n) is 30.9. The van der Waals surface area contributed by atoms with E-state index in [0.717, 1.165) is 71.7 Å². The molecule has 0 amide bonds. The number of benzene rings is 15. The van der Waals surface area contributed by atoms with Crippen molar-refractivity contribution >= 4 is 186 Å². The first kappa shape index (κ1) is 73.8. The Bertz CT molecular complexity index is 8330. The monoisotopic (exact) mass is 1770 g/mol. The molecule has 0 unspecified atom stereocenters. The summed E-state index contributed by atoms with van der Waals surface area (Å²) in [5, 5.41) is 0. The third kappa shape index (κ3) is 15.0. The summed E-state index contributed by atoms with van der Waals surface area (Å²) >= 11 is 0. The minimum atomic E-state index is -2.54. The zero-order valence-electron chi connectivity index (χ0n) is 96.1. The van der Waals surface area contributed by atoms with Gasteiger partial charge in [-0.15, -0.1) is 0 Å². The lowest BCUT2D eigenvalue weighted by molar-refractivity contribution is -0.660. The summed E-state index contributed by atoms with van der Waals surface area (Å²) in [6.45, 7) is 15.9. The van der Waals surface area contributed by atoms with Crippen LogP contribution >= 0.6 is 0 Å². The van der Waals surface area contributed by atoms with E-state index < -0.39 is 47.7 Å². The number of aryl methyl sites for hydroxylation is 17. The van der Waals surface area contributed by atoms with Crippen LogP contribution in [-0.2, 0) is 14.1 Å². The molecule has 6 aliphatic rings. The zero-order valence-corrected chi connectivity index (χ0v) is 81.1. The van der Waals surface area contributed by atoms with Crippen LogP contribution in [0.5, 0.6) is 0 Å². The van der Waals surface area contributed by atoms with E-state index in [1.807, 2.05) is 73.7 Å². The Balaban J connectivity index is 0.000000122. The van der Waals surface area contributed by atoms with E-state index in [1.54, 1.807) is 41.9 Å². The van der Waals surface area contributed by atoms with Crippen LogP contribution in [-0.4, -0.2) is 88.5 Å². The minimum Gasteiger partial charge on any atom is -0.312 e. The highest BCUT2D eigenvalue weighted by molar-refractivity contribution is 7.13. The summed E-state index contributed by atoms with van der Waals surface area (Å²) in [6.07, 6.45) is 4.37. The van der Waals surface area contributed by atoms with Gasteiger partial charge in [-0.3, -0.25) is 0 Å². The fraction of sp³-hybridized carbons (Fsp3) is 0.177. The lowest BCUT2D eigenvalue weighted by Gasteiger charge is -2.36. The maximum absolute atomic E-state index is 8.35. The quantitative estimate of drug-likeness (QED) is 0.101. The summed E-state index contributed by atoms with van der Waals surface area (Å²) in [5.41, 5.74) is 51.7. The van der Waals surface area contributed by atoms with E-state index in [2.05, 4.69) is 330 Å².